The molecule has 1 saturated heterocycles. The summed E-state index contributed by atoms with van der Waals surface area (Å²) in [6.07, 6.45) is 5.41. The van der Waals surface area contributed by atoms with Gasteiger partial charge in [0.1, 0.15) is 0 Å². The van der Waals surface area contributed by atoms with Crippen LogP contribution in [0.5, 0.6) is 0 Å². The van der Waals surface area contributed by atoms with E-state index in [0.717, 1.165) is 5.92 Å². The van der Waals surface area contributed by atoms with E-state index in [2.05, 4.69) is 45.3 Å². The van der Waals surface area contributed by atoms with Crippen molar-refractivity contribution in [2.45, 2.75) is 60.3 Å². The maximum absolute atomic E-state index is 3.83. The van der Waals surface area contributed by atoms with E-state index in [-0.39, 0.29) is 0 Å². The maximum Gasteiger partial charge on any atom is 0.000888 e. The Kier molecular flexibility index (Phi) is 4.32. The van der Waals surface area contributed by atoms with Gasteiger partial charge in [-0.25, -0.2) is 0 Å². The summed E-state index contributed by atoms with van der Waals surface area (Å²) in [5.74, 6) is 0.848. The van der Waals surface area contributed by atoms with Gasteiger partial charge >= 0.3 is 0 Å². The molecule has 112 valence electrons. The van der Waals surface area contributed by atoms with Crippen molar-refractivity contribution in [3.05, 3.63) is 0 Å². The first-order valence-corrected chi connectivity index (χ1v) is 8.27. The molecule has 0 atom stereocenters. The first-order valence-electron chi connectivity index (χ1n) is 8.27. The zero-order chi connectivity index (χ0) is 14.1. The molecule has 1 aliphatic carbocycles. The van der Waals surface area contributed by atoms with Gasteiger partial charge in [0.15, 0.2) is 0 Å². The van der Waals surface area contributed by atoms with Crippen LogP contribution in [0.1, 0.15) is 60.3 Å². The van der Waals surface area contributed by atoms with Crippen molar-refractivity contribution in [3.63, 3.8) is 0 Å². The van der Waals surface area contributed by atoms with Crippen LogP contribution in [0.4, 0.5) is 0 Å². The Balaban J connectivity index is 1.80. The van der Waals surface area contributed by atoms with Crippen LogP contribution in [0.25, 0.3) is 0 Å². The maximum atomic E-state index is 3.83. The highest BCUT2D eigenvalue weighted by Crippen LogP contribution is 2.67. The molecule has 1 saturated carbocycles. The third-order valence-electron chi connectivity index (χ3n) is 6.61. The van der Waals surface area contributed by atoms with E-state index in [1.165, 1.54) is 51.9 Å². The van der Waals surface area contributed by atoms with E-state index < -0.39 is 0 Å². The quantitative estimate of drug-likeness (QED) is 0.769. The molecule has 0 spiro atoms. The van der Waals surface area contributed by atoms with Gasteiger partial charge in [-0.3, -0.25) is 0 Å². The first kappa shape index (κ1) is 15.3. The lowest BCUT2D eigenvalue weighted by Crippen LogP contribution is -2.43. The van der Waals surface area contributed by atoms with E-state index >= 15 is 0 Å². The molecule has 2 aliphatic rings. The minimum Gasteiger partial charge on any atom is -0.317 e. The van der Waals surface area contributed by atoms with Crippen LogP contribution < -0.4 is 10.6 Å². The van der Waals surface area contributed by atoms with E-state index in [0.29, 0.717) is 16.2 Å². The van der Waals surface area contributed by atoms with Gasteiger partial charge in [-0.15, -0.1) is 0 Å². The highest BCUT2D eigenvalue weighted by molar-refractivity contribution is 5.12. The number of hydrogen-bond donors (Lipinski definition) is 2. The van der Waals surface area contributed by atoms with Crippen LogP contribution in [0.2, 0.25) is 0 Å². The Labute approximate surface area is 120 Å². The lowest BCUT2D eigenvalue weighted by Gasteiger charge is -2.38. The molecule has 0 aromatic rings. The molecule has 0 aromatic heterocycles. The van der Waals surface area contributed by atoms with Crippen molar-refractivity contribution in [3.8, 4) is 0 Å². The number of nitrogens with one attached hydrogen (secondary N) is 2. The predicted molar refractivity (Wildman–Crippen MR) is 83.4 cm³/mol. The van der Waals surface area contributed by atoms with Crippen LogP contribution >= 0.6 is 0 Å². The van der Waals surface area contributed by atoms with Crippen molar-refractivity contribution >= 4 is 0 Å². The molecule has 2 heteroatoms. The average Bonchev–Trinajstić information content (AvgIpc) is 2.73. The number of rotatable bonds is 6. The van der Waals surface area contributed by atoms with Crippen molar-refractivity contribution in [1.29, 1.82) is 0 Å². The Morgan fingerprint density at radius 2 is 1.63 bits per heavy atom. The second-order valence-corrected chi connectivity index (χ2v) is 8.13. The molecule has 0 aromatic carbocycles. The summed E-state index contributed by atoms with van der Waals surface area (Å²) < 4.78 is 0. The van der Waals surface area contributed by atoms with Gasteiger partial charge < -0.3 is 10.6 Å². The monoisotopic (exact) mass is 266 g/mol. The second kappa shape index (κ2) is 5.37. The minimum absolute atomic E-state index is 0.520. The highest BCUT2D eigenvalue weighted by atomic mass is 14.9. The van der Waals surface area contributed by atoms with E-state index in [1.54, 1.807) is 0 Å². The zero-order valence-corrected chi connectivity index (χ0v) is 13.7. The zero-order valence-electron chi connectivity index (χ0n) is 13.7. The molecule has 2 rings (SSSR count). The fraction of sp³-hybridized carbons (Fsp3) is 1.00. The molecule has 2 N–H and O–H groups in total. The number of hydrogen-bond acceptors (Lipinski definition) is 2. The third kappa shape index (κ3) is 2.85. The molecule has 19 heavy (non-hydrogen) atoms. The fourth-order valence-electron chi connectivity index (χ4n) is 4.33. The van der Waals surface area contributed by atoms with Crippen LogP contribution in [0.15, 0.2) is 0 Å². The molecular weight excluding hydrogens is 232 g/mol. The lowest BCUT2D eigenvalue weighted by atomic mass is 9.75. The standard InChI is InChI=1S/C17H34N2/c1-6-7-17(8-10-18-11-9-17)13-19-12-14-15(2,3)16(14,4)5/h14,18-19H,6-13H2,1-5H3. The van der Waals surface area contributed by atoms with Gasteiger partial charge in [-0.1, -0.05) is 41.0 Å². The summed E-state index contributed by atoms with van der Waals surface area (Å²) in [7, 11) is 0. The highest BCUT2D eigenvalue weighted by Gasteiger charge is 2.63. The van der Waals surface area contributed by atoms with Gasteiger partial charge in [0, 0.05) is 6.54 Å². The third-order valence-corrected chi connectivity index (χ3v) is 6.61. The normalized spacial score (nSPS) is 28.3. The fourth-order valence-corrected chi connectivity index (χ4v) is 4.33. The molecule has 2 fully saturated rings. The predicted octanol–water partition coefficient (Wildman–Crippen LogP) is 3.43. The topological polar surface area (TPSA) is 24.1 Å². The summed E-state index contributed by atoms with van der Waals surface area (Å²) in [5, 5.41) is 7.33. The first-order chi connectivity index (χ1) is 8.86. The lowest BCUT2D eigenvalue weighted by molar-refractivity contribution is 0.175. The van der Waals surface area contributed by atoms with Crippen LogP contribution in [0.3, 0.4) is 0 Å². The molecule has 1 aliphatic heterocycles. The number of piperidine rings is 1. The van der Waals surface area contributed by atoms with Gasteiger partial charge in [0.25, 0.3) is 0 Å². The van der Waals surface area contributed by atoms with Crippen molar-refractivity contribution in [1.82, 2.24) is 10.6 Å². The van der Waals surface area contributed by atoms with Crippen molar-refractivity contribution < 1.29 is 0 Å². The Bertz CT molecular complexity index is 281. The molecule has 2 nitrogen and oxygen atoms in total. The van der Waals surface area contributed by atoms with E-state index in [1.807, 2.05) is 0 Å². The smallest absolute Gasteiger partial charge is 0.000888 e. The molecule has 0 radical (unpaired) electrons. The SMILES string of the molecule is CCCC1(CNCC2C(C)(C)C2(C)C)CCNCC1. The summed E-state index contributed by atoms with van der Waals surface area (Å²) in [6.45, 7) is 16.9. The summed E-state index contributed by atoms with van der Waals surface area (Å²) >= 11 is 0. The Hall–Kier alpha value is -0.0800. The van der Waals surface area contributed by atoms with Gasteiger partial charge in [0.2, 0.25) is 0 Å². The molecule has 0 unspecified atom stereocenters. The largest absolute Gasteiger partial charge is 0.317 e. The minimum atomic E-state index is 0.520. The van der Waals surface area contributed by atoms with Crippen LogP contribution in [-0.2, 0) is 0 Å². The van der Waals surface area contributed by atoms with E-state index in [9.17, 15) is 0 Å². The van der Waals surface area contributed by atoms with Gasteiger partial charge in [-0.2, -0.15) is 0 Å². The molecule has 1 heterocycles. The molecule has 0 bridgehead atoms. The summed E-state index contributed by atoms with van der Waals surface area (Å²) in [4.78, 5) is 0. The molecule has 0 amide bonds. The van der Waals surface area contributed by atoms with Crippen LogP contribution in [-0.4, -0.2) is 26.2 Å². The van der Waals surface area contributed by atoms with Gasteiger partial charge in [0.05, 0.1) is 0 Å². The summed E-state index contributed by atoms with van der Waals surface area (Å²) in [6, 6.07) is 0. The van der Waals surface area contributed by atoms with E-state index in [4.69, 9.17) is 0 Å². The Morgan fingerprint density at radius 3 is 2.11 bits per heavy atom. The van der Waals surface area contributed by atoms with Crippen molar-refractivity contribution in [2.24, 2.45) is 22.2 Å². The summed E-state index contributed by atoms with van der Waals surface area (Å²) in [5.41, 5.74) is 1.61. The average molecular weight is 266 g/mol. The second-order valence-electron chi connectivity index (χ2n) is 8.13. The van der Waals surface area contributed by atoms with Gasteiger partial charge in [-0.05, 0) is 61.1 Å². The molecular formula is C17H34N2. The Morgan fingerprint density at radius 1 is 1.05 bits per heavy atom. The van der Waals surface area contributed by atoms with Crippen LogP contribution in [0, 0.1) is 22.2 Å². The van der Waals surface area contributed by atoms with Crippen molar-refractivity contribution in [2.75, 3.05) is 26.2 Å².